The third-order valence-electron chi connectivity index (χ3n) is 8.57. The fourth-order valence-corrected chi connectivity index (χ4v) is 8.39. The number of nitrogens with zero attached hydrogens (tertiary/aromatic N) is 7. The minimum absolute atomic E-state index is 0.0339. The van der Waals surface area contributed by atoms with Crippen molar-refractivity contribution < 1.29 is 55.3 Å². The smallest absolute Gasteiger partial charge is 0.407 e. The number of benzene rings is 2. The zero-order valence-corrected chi connectivity index (χ0v) is 37.5. The molecule has 2 aromatic carbocycles. The number of aromatic nitrogens is 6. The van der Waals surface area contributed by atoms with Crippen molar-refractivity contribution in [2.45, 2.75) is 67.6 Å². The number of carboxylic acids is 2. The summed E-state index contributed by atoms with van der Waals surface area (Å²) in [5.41, 5.74) is 1.71. The molecule has 6 aromatic rings. The fraction of sp³-hybridized carbons (Fsp3) is 0.233. The molecule has 0 spiro atoms. The number of rotatable bonds is 13. The minimum atomic E-state index is -4.12. The summed E-state index contributed by atoms with van der Waals surface area (Å²) in [5.74, 6) is -3.73. The lowest BCUT2D eigenvalue weighted by atomic mass is 9.96. The van der Waals surface area contributed by atoms with Gasteiger partial charge in [-0.15, -0.1) is 0 Å². The van der Waals surface area contributed by atoms with Gasteiger partial charge in [0, 0.05) is 61.2 Å². The van der Waals surface area contributed by atoms with Gasteiger partial charge in [-0.3, -0.25) is 9.97 Å². The maximum absolute atomic E-state index is 14.5. The monoisotopic (exact) mass is 936 g/mol. The number of nitrogens with one attached hydrogen (secondary N) is 1. The first-order chi connectivity index (χ1) is 30.4. The Balaban J connectivity index is 0.000000249. The topological polar surface area (TPSA) is 257 Å². The maximum atomic E-state index is 14.5. The van der Waals surface area contributed by atoms with Crippen LogP contribution in [0.2, 0.25) is 0 Å². The van der Waals surface area contributed by atoms with E-state index in [1.54, 1.807) is 45.2 Å². The lowest BCUT2D eigenvalue weighted by Crippen LogP contribution is -2.36. The molecule has 0 aliphatic heterocycles. The molecule has 344 valence electrons. The van der Waals surface area contributed by atoms with Crippen molar-refractivity contribution in [2.75, 3.05) is 13.6 Å². The van der Waals surface area contributed by atoms with Crippen LogP contribution in [0.15, 0.2) is 129 Å². The minimum Gasteiger partial charge on any atom is -0.478 e. The van der Waals surface area contributed by atoms with E-state index in [2.05, 4.69) is 25.5 Å². The van der Waals surface area contributed by atoms with Crippen LogP contribution in [0.5, 0.6) is 0 Å². The van der Waals surface area contributed by atoms with E-state index >= 15 is 0 Å². The first-order valence-electron chi connectivity index (χ1n) is 19.2. The maximum Gasteiger partial charge on any atom is 0.407 e. The van der Waals surface area contributed by atoms with Crippen LogP contribution in [0.1, 0.15) is 43.5 Å². The number of pyridine rings is 2. The second-order valence-corrected chi connectivity index (χ2v) is 19.0. The summed E-state index contributed by atoms with van der Waals surface area (Å²) in [6, 6.07) is 20.4. The van der Waals surface area contributed by atoms with Gasteiger partial charge in [0.25, 0.3) is 0 Å². The molecule has 0 aliphatic carbocycles. The Labute approximate surface area is 373 Å². The molecule has 65 heavy (non-hydrogen) atoms. The van der Waals surface area contributed by atoms with Crippen molar-refractivity contribution >= 4 is 37.7 Å². The summed E-state index contributed by atoms with van der Waals surface area (Å²) < 4.78 is 83.6. The van der Waals surface area contributed by atoms with E-state index < -0.39 is 49.3 Å². The van der Waals surface area contributed by atoms with Crippen molar-refractivity contribution in [3.8, 4) is 11.4 Å². The summed E-state index contributed by atoms with van der Waals surface area (Å²) in [6.07, 6.45) is 2.48. The average molecular weight is 937 g/mol. The van der Waals surface area contributed by atoms with E-state index in [1.165, 1.54) is 73.1 Å². The number of aryl methyl sites for hydroxylation is 2. The van der Waals surface area contributed by atoms with E-state index in [0.717, 1.165) is 14.3 Å². The highest BCUT2D eigenvalue weighted by atomic mass is 32.2. The second kappa shape index (κ2) is 21.5. The number of halogens is 2. The van der Waals surface area contributed by atoms with Crippen LogP contribution < -0.4 is 5.32 Å². The van der Waals surface area contributed by atoms with Gasteiger partial charge in [-0.25, -0.2) is 49.4 Å². The van der Waals surface area contributed by atoms with Crippen LogP contribution in [-0.2, 0) is 42.4 Å². The van der Waals surface area contributed by atoms with Gasteiger partial charge in [-0.1, -0.05) is 45.0 Å². The zero-order valence-electron chi connectivity index (χ0n) is 35.9. The molecule has 6 rings (SSSR count). The van der Waals surface area contributed by atoms with Crippen LogP contribution in [0.3, 0.4) is 0 Å². The Morgan fingerprint density at radius 2 is 1.11 bits per heavy atom. The molecule has 0 fully saturated rings. The first-order valence-corrected chi connectivity index (χ1v) is 22.2. The average Bonchev–Trinajstić information content (AvgIpc) is 3.86. The SMILES string of the molecule is CNCc1cc(S(=O)(=O)c2ccc(C)nc2)n(-c2ccccc2F)n1.Cc1ccc(S(=O)(=O)c2cc(CN(CC(C)(C)C)C(=O)O)nn2-c2ccccc2F)cn1.O=C(O)C=CC(=O)O. The third-order valence-corrected chi connectivity index (χ3v) is 12.0. The molecule has 0 bridgehead atoms. The molecule has 4 heterocycles. The van der Waals surface area contributed by atoms with E-state index in [9.17, 15) is 45.1 Å². The zero-order chi connectivity index (χ0) is 48.3. The molecule has 4 aromatic heterocycles. The molecule has 18 nitrogen and oxygen atoms in total. The van der Waals surface area contributed by atoms with Crippen LogP contribution in [0.4, 0.5) is 13.6 Å². The highest BCUT2D eigenvalue weighted by Crippen LogP contribution is 2.28. The normalized spacial score (nSPS) is 11.6. The number of hydrogen-bond acceptors (Lipinski definition) is 12. The van der Waals surface area contributed by atoms with Gasteiger partial charge in [0.2, 0.25) is 19.7 Å². The first kappa shape index (κ1) is 50.5. The molecule has 0 unspecified atom stereocenters. The van der Waals surface area contributed by atoms with Crippen LogP contribution >= 0.6 is 0 Å². The number of hydrogen-bond donors (Lipinski definition) is 4. The van der Waals surface area contributed by atoms with Gasteiger partial charge in [-0.05, 0) is 74.8 Å². The standard InChI is InChI=1S/C22H25FN4O4S.C17H17FN4O2S.C4H4O4/c1-15-9-10-17(12-24-15)32(30,31)20-11-16(13-26(21(28)29)14-22(2,3)4)25-27(20)19-8-6-5-7-18(19)23;1-12-7-8-14(11-20-12)25(23,24)17-9-13(10-19-2)21-22(17)16-6-4-3-5-15(16)18;5-3(6)1-2-4(7)8/h5-12H,13-14H2,1-4H3,(H,28,29);3-9,11,19H,10H2,1-2H3;1-2H,(H,5,6)(H,7,8). The van der Waals surface area contributed by atoms with E-state index in [0.29, 0.717) is 35.8 Å². The molecule has 22 heteroatoms. The van der Waals surface area contributed by atoms with Crippen LogP contribution in [-0.4, -0.2) is 98.2 Å². The number of carbonyl (C=O) groups is 3. The van der Waals surface area contributed by atoms with Crippen LogP contribution in [0, 0.1) is 30.9 Å². The molecule has 4 N–H and O–H groups in total. The number of sulfone groups is 2. The molecule has 0 aliphatic rings. The lowest BCUT2D eigenvalue weighted by Gasteiger charge is -2.27. The van der Waals surface area contributed by atoms with Gasteiger partial charge in [0.1, 0.15) is 23.0 Å². The number of amides is 1. The molecule has 0 saturated carbocycles. The molecule has 0 radical (unpaired) electrons. The summed E-state index contributed by atoms with van der Waals surface area (Å²) in [5, 5.41) is 36.3. The van der Waals surface area contributed by atoms with E-state index in [4.69, 9.17) is 10.2 Å². The third kappa shape index (κ3) is 13.7. The van der Waals surface area contributed by atoms with Gasteiger partial charge < -0.3 is 25.5 Å². The van der Waals surface area contributed by atoms with Crippen molar-refractivity contribution in [3.63, 3.8) is 0 Å². The van der Waals surface area contributed by atoms with Crippen molar-refractivity contribution in [2.24, 2.45) is 5.41 Å². The Kier molecular flexibility index (Phi) is 16.7. The molecule has 0 atom stereocenters. The van der Waals surface area contributed by atoms with Crippen LogP contribution in [0.25, 0.3) is 11.4 Å². The Morgan fingerprint density at radius 3 is 1.46 bits per heavy atom. The molecule has 1 amide bonds. The predicted octanol–water partition coefficient (Wildman–Crippen LogP) is 6.05. The predicted molar refractivity (Wildman–Crippen MR) is 231 cm³/mol. The molecular weight excluding hydrogens is 891 g/mol. The largest absolute Gasteiger partial charge is 0.478 e. The van der Waals surface area contributed by atoms with Crippen molar-refractivity contribution in [1.29, 1.82) is 0 Å². The fourth-order valence-electron chi connectivity index (χ4n) is 5.71. The quantitative estimate of drug-likeness (QED) is 0.0961. The summed E-state index contributed by atoms with van der Waals surface area (Å²) in [7, 11) is -6.30. The van der Waals surface area contributed by atoms with Gasteiger partial charge in [0.15, 0.2) is 10.1 Å². The number of para-hydroxylation sites is 2. The summed E-state index contributed by atoms with van der Waals surface area (Å²) in [6.45, 7) is 9.58. The Bertz CT molecular complexity index is 2880. The highest BCUT2D eigenvalue weighted by Gasteiger charge is 2.29. The van der Waals surface area contributed by atoms with E-state index in [1.807, 2.05) is 20.8 Å². The van der Waals surface area contributed by atoms with E-state index in [-0.39, 0.29) is 55.4 Å². The summed E-state index contributed by atoms with van der Waals surface area (Å²) >= 11 is 0. The second-order valence-electron chi connectivity index (χ2n) is 15.2. The van der Waals surface area contributed by atoms with Crippen molar-refractivity contribution in [3.05, 3.63) is 144 Å². The Morgan fingerprint density at radius 1 is 0.692 bits per heavy atom. The number of carboxylic acid groups (broad SMARTS) is 3. The highest BCUT2D eigenvalue weighted by molar-refractivity contribution is 7.91. The van der Waals surface area contributed by atoms with Gasteiger partial charge in [-0.2, -0.15) is 10.2 Å². The molecular formula is C43H46F2N8O10S2. The Hall–Kier alpha value is -7.17. The molecule has 0 saturated heterocycles. The van der Waals surface area contributed by atoms with Gasteiger partial charge in [0.05, 0.1) is 27.7 Å². The number of aliphatic carboxylic acids is 2. The lowest BCUT2D eigenvalue weighted by molar-refractivity contribution is -0.134. The summed E-state index contributed by atoms with van der Waals surface area (Å²) in [4.78, 5) is 40.1. The van der Waals surface area contributed by atoms with Crippen molar-refractivity contribution in [1.82, 2.24) is 39.7 Å². The van der Waals surface area contributed by atoms with Gasteiger partial charge >= 0.3 is 18.0 Å².